The first-order valence-electron chi connectivity index (χ1n) is 3.63. The minimum Gasteiger partial charge on any atom is -0.366 e. The second-order valence-corrected chi connectivity index (χ2v) is 3.57. The summed E-state index contributed by atoms with van der Waals surface area (Å²) in [5.74, 6) is 0. The molecule has 0 N–H and O–H groups in total. The Bertz CT molecular complexity index is 263. The Hall–Kier alpha value is 0.200. The first-order valence-corrected chi connectivity index (χ1v) is 5.53. The largest absolute Gasteiger partial charge is 0.366 e. The van der Waals surface area contributed by atoms with Crippen molar-refractivity contribution in [2.75, 3.05) is 4.61 Å². The van der Waals surface area contributed by atoms with Gasteiger partial charge in [0.2, 0.25) is 0 Å². The van der Waals surface area contributed by atoms with Crippen LogP contribution in [0.3, 0.4) is 0 Å². The van der Waals surface area contributed by atoms with E-state index in [0.717, 1.165) is 15.2 Å². The van der Waals surface area contributed by atoms with Crippen molar-refractivity contribution in [3.8, 4) is 0 Å². The summed E-state index contributed by atoms with van der Waals surface area (Å²) in [7, 11) is 0. The van der Waals surface area contributed by atoms with E-state index in [1.807, 2.05) is 19.1 Å². The Morgan fingerprint density at radius 1 is 1.50 bits per heavy atom. The SMILES string of the molecule is Cc1cc(COCI)ccc1Cl. The molecule has 0 radical (unpaired) electrons. The Kier molecular flexibility index (Phi) is 4.32. The lowest BCUT2D eigenvalue weighted by Crippen LogP contribution is -1.90. The van der Waals surface area contributed by atoms with Gasteiger partial charge in [0.15, 0.2) is 0 Å². The first kappa shape index (κ1) is 10.3. The summed E-state index contributed by atoms with van der Waals surface area (Å²) in [6.07, 6.45) is 0. The first-order chi connectivity index (χ1) is 5.74. The molecule has 1 rings (SSSR count). The van der Waals surface area contributed by atoms with E-state index in [1.165, 1.54) is 5.56 Å². The molecule has 1 nitrogen and oxygen atoms in total. The van der Waals surface area contributed by atoms with Crippen LogP contribution in [0, 0.1) is 6.92 Å². The summed E-state index contributed by atoms with van der Waals surface area (Å²) < 4.78 is 5.98. The van der Waals surface area contributed by atoms with E-state index >= 15 is 0 Å². The average molecular weight is 297 g/mol. The standard InChI is InChI=1S/C9H10ClIO/c1-7-4-8(5-12-6-11)2-3-9(7)10/h2-4H,5-6H2,1H3. The van der Waals surface area contributed by atoms with Crippen LogP contribution in [0.4, 0.5) is 0 Å². The molecule has 0 unspecified atom stereocenters. The van der Waals surface area contributed by atoms with Gasteiger partial charge in [-0.25, -0.2) is 0 Å². The molecular formula is C9H10ClIO. The van der Waals surface area contributed by atoms with Gasteiger partial charge in [0, 0.05) is 5.02 Å². The predicted molar refractivity (Wildman–Crippen MR) is 59.9 cm³/mol. The molecule has 0 amide bonds. The maximum Gasteiger partial charge on any atom is 0.0983 e. The fourth-order valence-corrected chi connectivity index (χ4v) is 1.29. The number of hydrogen-bond acceptors (Lipinski definition) is 1. The van der Waals surface area contributed by atoms with Gasteiger partial charge in [-0.1, -0.05) is 46.3 Å². The minimum absolute atomic E-state index is 0.668. The Morgan fingerprint density at radius 2 is 2.25 bits per heavy atom. The predicted octanol–water partition coefficient (Wildman–Crippen LogP) is 3.56. The van der Waals surface area contributed by atoms with E-state index in [-0.39, 0.29) is 0 Å². The number of alkyl halides is 1. The average Bonchev–Trinajstić information content (AvgIpc) is 2.07. The number of halogens is 2. The van der Waals surface area contributed by atoms with E-state index in [9.17, 15) is 0 Å². The zero-order chi connectivity index (χ0) is 8.97. The zero-order valence-electron chi connectivity index (χ0n) is 6.81. The van der Waals surface area contributed by atoms with E-state index in [2.05, 4.69) is 28.7 Å². The molecule has 66 valence electrons. The third-order valence-corrected chi connectivity index (χ3v) is 2.43. The smallest absolute Gasteiger partial charge is 0.0983 e. The van der Waals surface area contributed by atoms with Crippen LogP contribution in [0.5, 0.6) is 0 Å². The fourth-order valence-electron chi connectivity index (χ4n) is 0.953. The van der Waals surface area contributed by atoms with E-state index < -0.39 is 0 Å². The van der Waals surface area contributed by atoms with Crippen LogP contribution in [0.2, 0.25) is 5.02 Å². The summed E-state index contributed by atoms with van der Waals surface area (Å²) >= 11 is 8.05. The number of aryl methyl sites for hydroxylation is 1. The van der Waals surface area contributed by atoms with Gasteiger partial charge in [-0.3, -0.25) is 0 Å². The zero-order valence-corrected chi connectivity index (χ0v) is 9.72. The molecule has 12 heavy (non-hydrogen) atoms. The Morgan fingerprint density at radius 3 is 2.83 bits per heavy atom. The van der Waals surface area contributed by atoms with Gasteiger partial charge in [-0.15, -0.1) is 0 Å². The van der Waals surface area contributed by atoms with E-state index in [0.29, 0.717) is 6.61 Å². The molecule has 0 heterocycles. The molecule has 0 aliphatic rings. The molecule has 0 bridgehead atoms. The van der Waals surface area contributed by atoms with Gasteiger partial charge in [0.05, 0.1) is 11.2 Å². The van der Waals surface area contributed by atoms with Crippen LogP contribution in [0.15, 0.2) is 18.2 Å². The van der Waals surface area contributed by atoms with Crippen molar-refractivity contribution in [1.29, 1.82) is 0 Å². The van der Waals surface area contributed by atoms with Crippen LogP contribution >= 0.6 is 34.2 Å². The third-order valence-electron chi connectivity index (χ3n) is 1.57. The lowest BCUT2D eigenvalue weighted by Gasteiger charge is -2.03. The molecule has 0 spiro atoms. The highest BCUT2D eigenvalue weighted by Crippen LogP contribution is 2.16. The van der Waals surface area contributed by atoms with Gasteiger partial charge in [-0.05, 0) is 24.1 Å². The van der Waals surface area contributed by atoms with Crippen molar-refractivity contribution in [2.24, 2.45) is 0 Å². The lowest BCUT2D eigenvalue weighted by atomic mass is 10.1. The second kappa shape index (κ2) is 5.04. The summed E-state index contributed by atoms with van der Waals surface area (Å²) in [4.78, 5) is 0. The summed E-state index contributed by atoms with van der Waals surface area (Å²) in [5, 5.41) is 0.813. The molecule has 0 aliphatic heterocycles. The molecule has 0 saturated heterocycles. The topological polar surface area (TPSA) is 9.23 Å². The molecular weight excluding hydrogens is 286 g/mol. The molecule has 0 aromatic heterocycles. The highest BCUT2D eigenvalue weighted by Gasteiger charge is 1.96. The number of rotatable bonds is 3. The molecule has 0 saturated carbocycles. The molecule has 1 aromatic rings. The maximum absolute atomic E-state index is 5.87. The van der Waals surface area contributed by atoms with Crippen molar-refractivity contribution in [1.82, 2.24) is 0 Å². The number of benzene rings is 1. The monoisotopic (exact) mass is 296 g/mol. The van der Waals surface area contributed by atoms with Gasteiger partial charge < -0.3 is 4.74 Å². The number of ether oxygens (including phenoxy) is 1. The van der Waals surface area contributed by atoms with Crippen molar-refractivity contribution in [2.45, 2.75) is 13.5 Å². The quantitative estimate of drug-likeness (QED) is 0.612. The molecule has 0 fully saturated rings. The minimum atomic E-state index is 0.668. The van der Waals surface area contributed by atoms with E-state index in [1.54, 1.807) is 0 Å². The summed E-state index contributed by atoms with van der Waals surface area (Å²) in [6.45, 7) is 2.66. The second-order valence-electron chi connectivity index (χ2n) is 2.54. The molecule has 0 aliphatic carbocycles. The summed E-state index contributed by atoms with van der Waals surface area (Å²) in [6, 6.07) is 5.94. The van der Waals surface area contributed by atoms with Crippen molar-refractivity contribution < 1.29 is 4.74 Å². The molecule has 0 atom stereocenters. The Balaban J connectivity index is 2.69. The van der Waals surface area contributed by atoms with Crippen LogP contribution in [-0.4, -0.2) is 4.61 Å². The van der Waals surface area contributed by atoms with Crippen molar-refractivity contribution >= 4 is 34.2 Å². The van der Waals surface area contributed by atoms with Gasteiger partial charge in [-0.2, -0.15) is 0 Å². The maximum atomic E-state index is 5.87. The summed E-state index contributed by atoms with van der Waals surface area (Å²) in [5.41, 5.74) is 2.28. The molecule has 3 heteroatoms. The van der Waals surface area contributed by atoms with Crippen molar-refractivity contribution in [3.63, 3.8) is 0 Å². The van der Waals surface area contributed by atoms with Crippen LogP contribution in [0.1, 0.15) is 11.1 Å². The fraction of sp³-hybridized carbons (Fsp3) is 0.333. The highest BCUT2D eigenvalue weighted by molar-refractivity contribution is 14.1. The normalized spacial score (nSPS) is 10.2. The Labute approximate surface area is 91.2 Å². The van der Waals surface area contributed by atoms with Crippen LogP contribution in [0.25, 0.3) is 0 Å². The van der Waals surface area contributed by atoms with Gasteiger partial charge >= 0.3 is 0 Å². The third kappa shape index (κ3) is 2.92. The van der Waals surface area contributed by atoms with E-state index in [4.69, 9.17) is 16.3 Å². The lowest BCUT2D eigenvalue weighted by molar-refractivity contribution is 0.177. The van der Waals surface area contributed by atoms with Gasteiger partial charge in [0.25, 0.3) is 0 Å². The van der Waals surface area contributed by atoms with Crippen molar-refractivity contribution in [3.05, 3.63) is 34.3 Å². The van der Waals surface area contributed by atoms with Crippen LogP contribution < -0.4 is 0 Å². The highest BCUT2D eigenvalue weighted by atomic mass is 127. The molecule has 1 aromatic carbocycles. The van der Waals surface area contributed by atoms with Gasteiger partial charge in [0.1, 0.15) is 0 Å². The number of hydrogen-bond donors (Lipinski definition) is 0. The van der Waals surface area contributed by atoms with Crippen LogP contribution in [-0.2, 0) is 11.3 Å².